The smallest absolute Gasteiger partial charge is 0.172 e. The first-order chi connectivity index (χ1) is 9.58. The highest BCUT2D eigenvalue weighted by Gasteiger charge is 2.29. The molecule has 2 aromatic rings. The third kappa shape index (κ3) is 2.17. The molecule has 1 aromatic heterocycles. The molecule has 1 aliphatic carbocycles. The van der Waals surface area contributed by atoms with Crippen molar-refractivity contribution in [2.75, 3.05) is 0 Å². The van der Waals surface area contributed by atoms with Crippen molar-refractivity contribution in [3.8, 4) is 5.69 Å². The van der Waals surface area contributed by atoms with Gasteiger partial charge in [0.05, 0.1) is 5.69 Å². The first-order valence-electron chi connectivity index (χ1n) is 7.19. The number of benzene rings is 1. The Kier molecular flexibility index (Phi) is 3.40. The highest BCUT2D eigenvalue weighted by Crippen LogP contribution is 2.40. The van der Waals surface area contributed by atoms with Crippen LogP contribution < -0.4 is 0 Å². The van der Waals surface area contributed by atoms with Gasteiger partial charge in [0.15, 0.2) is 9.04 Å². The molecule has 1 aliphatic rings. The summed E-state index contributed by atoms with van der Waals surface area (Å²) < 4.78 is 8.61. The fourth-order valence-electron chi connectivity index (χ4n) is 2.97. The van der Waals surface area contributed by atoms with Crippen molar-refractivity contribution in [3.63, 3.8) is 0 Å². The van der Waals surface area contributed by atoms with E-state index in [0.29, 0.717) is 0 Å². The number of hydrogen-bond acceptors (Lipinski definition) is 1. The van der Waals surface area contributed by atoms with E-state index in [0.717, 1.165) is 0 Å². The Morgan fingerprint density at radius 2 is 1.80 bits per heavy atom. The maximum atomic E-state index is 6.28. The Bertz CT molecular complexity index is 655. The van der Waals surface area contributed by atoms with Gasteiger partial charge in [-0.3, -0.25) is 0 Å². The summed E-state index contributed by atoms with van der Waals surface area (Å²) in [7, 11) is -1.08. The fraction of sp³-hybridized carbons (Fsp3) is 0.294. The van der Waals surface area contributed by atoms with Crippen molar-refractivity contribution < 1.29 is 4.43 Å². The van der Waals surface area contributed by atoms with Crippen LogP contribution in [0.5, 0.6) is 0 Å². The third-order valence-electron chi connectivity index (χ3n) is 3.72. The summed E-state index contributed by atoms with van der Waals surface area (Å²) in [6, 6.07) is 12.8. The molecule has 0 saturated heterocycles. The molecule has 104 valence electrons. The molecule has 0 N–H and O–H groups in total. The number of rotatable bonds is 3. The minimum absolute atomic E-state index is 0.130. The van der Waals surface area contributed by atoms with E-state index in [1.165, 1.54) is 28.2 Å². The van der Waals surface area contributed by atoms with E-state index in [2.05, 4.69) is 74.0 Å². The lowest BCUT2D eigenvalue weighted by Gasteiger charge is -2.21. The molecule has 0 amide bonds. The standard InChI is InChI=1S/C17H21NOSi/c1-12-10-14-11-13(2)18(15-8-6-5-7-9-15)16(14)17(12)19-20(3)4/h5-11,17,20H,1-4H3. The summed E-state index contributed by atoms with van der Waals surface area (Å²) in [6.07, 6.45) is 2.40. The van der Waals surface area contributed by atoms with Gasteiger partial charge < -0.3 is 8.99 Å². The summed E-state index contributed by atoms with van der Waals surface area (Å²) in [5.41, 5.74) is 6.41. The van der Waals surface area contributed by atoms with Gasteiger partial charge in [0.25, 0.3) is 0 Å². The van der Waals surface area contributed by atoms with Crippen LogP contribution in [0.3, 0.4) is 0 Å². The number of hydrogen-bond donors (Lipinski definition) is 0. The number of nitrogens with zero attached hydrogens (tertiary/aromatic N) is 1. The molecule has 1 heterocycles. The summed E-state index contributed by atoms with van der Waals surface area (Å²) in [5.74, 6) is 0. The van der Waals surface area contributed by atoms with E-state index in [9.17, 15) is 0 Å². The van der Waals surface area contributed by atoms with Crippen LogP contribution in [0.15, 0.2) is 42.0 Å². The highest BCUT2D eigenvalue weighted by molar-refractivity contribution is 6.48. The average Bonchev–Trinajstić information content (AvgIpc) is 2.86. The van der Waals surface area contributed by atoms with Gasteiger partial charge in [0.1, 0.15) is 6.10 Å². The number of aromatic nitrogens is 1. The normalized spacial score (nSPS) is 17.4. The zero-order chi connectivity index (χ0) is 14.3. The molecule has 0 spiro atoms. The maximum Gasteiger partial charge on any atom is 0.172 e. The Hall–Kier alpha value is -1.58. The lowest BCUT2D eigenvalue weighted by molar-refractivity contribution is 0.244. The zero-order valence-corrected chi connectivity index (χ0v) is 13.7. The Morgan fingerprint density at radius 3 is 2.45 bits per heavy atom. The average molecular weight is 283 g/mol. The zero-order valence-electron chi connectivity index (χ0n) is 12.6. The van der Waals surface area contributed by atoms with E-state index in [1.54, 1.807) is 0 Å². The fourth-order valence-corrected chi connectivity index (χ4v) is 3.86. The molecule has 1 unspecified atom stereocenters. The van der Waals surface area contributed by atoms with Crippen LogP contribution in [0.25, 0.3) is 11.8 Å². The van der Waals surface area contributed by atoms with E-state index in [4.69, 9.17) is 4.43 Å². The summed E-state index contributed by atoms with van der Waals surface area (Å²) in [4.78, 5) is 0. The van der Waals surface area contributed by atoms with Crippen molar-refractivity contribution in [3.05, 3.63) is 58.9 Å². The molecule has 0 bridgehead atoms. The Balaban J connectivity index is 2.12. The molecule has 0 radical (unpaired) electrons. The summed E-state index contributed by atoms with van der Waals surface area (Å²) in [6.45, 7) is 8.80. The lowest BCUT2D eigenvalue weighted by Crippen LogP contribution is -2.16. The predicted molar refractivity (Wildman–Crippen MR) is 86.9 cm³/mol. The molecule has 20 heavy (non-hydrogen) atoms. The van der Waals surface area contributed by atoms with Crippen LogP contribution in [0.2, 0.25) is 13.1 Å². The molecular weight excluding hydrogens is 262 g/mol. The lowest BCUT2D eigenvalue weighted by atomic mass is 10.2. The maximum absolute atomic E-state index is 6.28. The van der Waals surface area contributed by atoms with E-state index < -0.39 is 9.04 Å². The Labute approximate surface area is 122 Å². The second kappa shape index (κ2) is 5.07. The van der Waals surface area contributed by atoms with E-state index in [1.807, 2.05) is 0 Å². The van der Waals surface area contributed by atoms with Crippen LogP contribution >= 0.6 is 0 Å². The minimum atomic E-state index is -1.08. The van der Waals surface area contributed by atoms with Gasteiger partial charge in [-0.25, -0.2) is 0 Å². The van der Waals surface area contributed by atoms with Crippen molar-refractivity contribution in [2.24, 2.45) is 0 Å². The third-order valence-corrected chi connectivity index (χ3v) is 4.54. The molecule has 0 saturated carbocycles. The second-order valence-corrected chi connectivity index (χ2v) is 8.12. The Morgan fingerprint density at radius 1 is 1.10 bits per heavy atom. The highest BCUT2D eigenvalue weighted by atomic mass is 28.3. The van der Waals surface area contributed by atoms with Crippen molar-refractivity contribution >= 4 is 15.1 Å². The number of aryl methyl sites for hydroxylation is 1. The molecular formula is C17H21NOSi. The van der Waals surface area contributed by atoms with Crippen LogP contribution in [0.1, 0.15) is 30.0 Å². The van der Waals surface area contributed by atoms with Crippen molar-refractivity contribution in [1.29, 1.82) is 0 Å². The van der Waals surface area contributed by atoms with Gasteiger partial charge >= 0.3 is 0 Å². The second-order valence-electron chi connectivity index (χ2n) is 5.75. The van der Waals surface area contributed by atoms with Crippen molar-refractivity contribution in [2.45, 2.75) is 33.0 Å². The van der Waals surface area contributed by atoms with Gasteiger partial charge in [-0.05, 0) is 56.3 Å². The molecule has 1 atom stereocenters. The summed E-state index contributed by atoms with van der Waals surface area (Å²) >= 11 is 0. The first-order valence-corrected chi connectivity index (χ1v) is 9.97. The molecule has 0 fully saturated rings. The predicted octanol–water partition coefficient (Wildman–Crippen LogP) is 4.24. The molecule has 2 nitrogen and oxygen atoms in total. The molecule has 3 rings (SSSR count). The van der Waals surface area contributed by atoms with Crippen LogP contribution in [0.4, 0.5) is 0 Å². The SMILES string of the molecule is CC1=Cc2cc(C)n(-c3ccccc3)c2C1O[SiH](C)C. The quantitative estimate of drug-likeness (QED) is 0.768. The van der Waals surface area contributed by atoms with E-state index >= 15 is 0 Å². The largest absolute Gasteiger partial charge is 0.408 e. The van der Waals surface area contributed by atoms with Crippen molar-refractivity contribution in [1.82, 2.24) is 4.57 Å². The molecule has 3 heteroatoms. The number of para-hydroxylation sites is 1. The number of fused-ring (bicyclic) bond motifs is 1. The van der Waals surface area contributed by atoms with Gasteiger partial charge in [0.2, 0.25) is 0 Å². The van der Waals surface area contributed by atoms with Crippen LogP contribution in [0, 0.1) is 6.92 Å². The molecule has 0 aliphatic heterocycles. The van der Waals surface area contributed by atoms with Crippen LogP contribution in [-0.2, 0) is 4.43 Å². The van der Waals surface area contributed by atoms with Gasteiger partial charge in [0, 0.05) is 11.4 Å². The van der Waals surface area contributed by atoms with E-state index in [-0.39, 0.29) is 6.10 Å². The molecule has 1 aromatic carbocycles. The van der Waals surface area contributed by atoms with Gasteiger partial charge in [-0.1, -0.05) is 24.3 Å². The first kappa shape index (κ1) is 13.4. The summed E-state index contributed by atoms with van der Waals surface area (Å²) in [5, 5.41) is 0. The minimum Gasteiger partial charge on any atom is -0.408 e. The topological polar surface area (TPSA) is 14.2 Å². The van der Waals surface area contributed by atoms with Gasteiger partial charge in [-0.2, -0.15) is 0 Å². The van der Waals surface area contributed by atoms with Gasteiger partial charge in [-0.15, -0.1) is 0 Å². The monoisotopic (exact) mass is 283 g/mol. The van der Waals surface area contributed by atoms with Crippen LogP contribution in [-0.4, -0.2) is 13.6 Å².